The zero-order chi connectivity index (χ0) is 17.9. The van der Waals surface area contributed by atoms with E-state index in [9.17, 15) is 4.79 Å². The van der Waals surface area contributed by atoms with Gasteiger partial charge in [0.25, 0.3) is 0 Å². The van der Waals surface area contributed by atoms with E-state index in [1.165, 1.54) is 10.8 Å². The van der Waals surface area contributed by atoms with Crippen LogP contribution in [-0.2, 0) is 4.74 Å². The summed E-state index contributed by atoms with van der Waals surface area (Å²) in [7, 11) is 0. The second-order valence-corrected chi connectivity index (χ2v) is 7.10. The number of aromatic nitrogens is 1. The Morgan fingerprint density at radius 2 is 1.88 bits per heavy atom. The predicted octanol–water partition coefficient (Wildman–Crippen LogP) is 5.25. The number of fused-ring (bicyclic) bond motifs is 3. The average Bonchev–Trinajstić information content (AvgIpc) is 2.91. The molecule has 0 saturated carbocycles. The lowest BCUT2D eigenvalue weighted by Crippen LogP contribution is -2.32. The number of benzene rings is 2. The van der Waals surface area contributed by atoms with Crippen LogP contribution in [0.15, 0.2) is 48.5 Å². The maximum Gasteiger partial charge on any atom is 0.407 e. The topological polar surface area (TPSA) is 54.1 Å². The average molecular weight is 336 g/mol. The number of nitrogens with one attached hydrogen (secondary N) is 2. The minimum absolute atomic E-state index is 0.374. The summed E-state index contributed by atoms with van der Waals surface area (Å²) < 4.78 is 5.21. The lowest BCUT2D eigenvalue weighted by atomic mass is 10.1. The van der Waals surface area contributed by atoms with Gasteiger partial charge in [-0.15, -0.1) is 0 Å². The van der Waals surface area contributed by atoms with Crippen LogP contribution in [0.2, 0.25) is 0 Å². The number of carbonyl (C=O) groups is 1. The number of carbonyl (C=O) groups excluding carboxylic acids is 1. The molecular formula is C21H24N2O2. The fourth-order valence-corrected chi connectivity index (χ4v) is 2.76. The monoisotopic (exact) mass is 336 g/mol. The molecular weight excluding hydrogens is 312 g/mol. The Balaban J connectivity index is 1.60. The molecule has 0 aliphatic rings. The summed E-state index contributed by atoms with van der Waals surface area (Å²) in [6, 6.07) is 14.7. The minimum Gasteiger partial charge on any atom is -0.444 e. The first kappa shape index (κ1) is 17.1. The van der Waals surface area contributed by atoms with Crippen molar-refractivity contribution < 1.29 is 9.53 Å². The molecule has 3 rings (SSSR count). The van der Waals surface area contributed by atoms with Crippen molar-refractivity contribution in [1.29, 1.82) is 0 Å². The van der Waals surface area contributed by atoms with Gasteiger partial charge in [-0.2, -0.15) is 0 Å². The van der Waals surface area contributed by atoms with Gasteiger partial charge in [-0.05, 0) is 51.0 Å². The number of H-pyrrole nitrogens is 1. The van der Waals surface area contributed by atoms with Gasteiger partial charge in [-0.25, -0.2) is 4.79 Å². The van der Waals surface area contributed by atoms with E-state index in [1.54, 1.807) is 0 Å². The molecule has 0 radical (unpaired) electrons. The SMILES string of the molecule is CC(C)(C)OC(=O)NCCC=Cc1ccc2[nH]c3ccccc3c2c1. The summed E-state index contributed by atoms with van der Waals surface area (Å²) in [5.74, 6) is 0. The van der Waals surface area contributed by atoms with E-state index in [1.807, 2.05) is 26.8 Å². The molecule has 0 atom stereocenters. The van der Waals surface area contributed by atoms with Crippen molar-refractivity contribution in [3.05, 3.63) is 54.1 Å². The molecule has 1 heterocycles. The molecule has 3 aromatic rings. The van der Waals surface area contributed by atoms with Crippen LogP contribution in [0.25, 0.3) is 27.9 Å². The summed E-state index contributed by atoms with van der Waals surface area (Å²) in [6.45, 7) is 6.12. The third kappa shape index (κ3) is 4.41. The Morgan fingerprint density at radius 1 is 1.12 bits per heavy atom. The molecule has 0 saturated heterocycles. The second-order valence-electron chi connectivity index (χ2n) is 7.10. The van der Waals surface area contributed by atoms with Crippen molar-refractivity contribution in [3.8, 4) is 0 Å². The number of amides is 1. The lowest BCUT2D eigenvalue weighted by Gasteiger charge is -2.19. The van der Waals surface area contributed by atoms with E-state index in [0.717, 1.165) is 23.0 Å². The molecule has 1 amide bonds. The standard InChI is InChI=1S/C21H24N2O2/c1-21(2,3)25-20(24)22-13-7-6-8-15-11-12-19-17(14-15)16-9-4-5-10-18(16)23-19/h4-6,8-12,14,23H,7,13H2,1-3H3,(H,22,24). The van der Waals surface area contributed by atoms with Crippen molar-refractivity contribution in [1.82, 2.24) is 10.3 Å². The summed E-state index contributed by atoms with van der Waals surface area (Å²) in [5.41, 5.74) is 2.98. The minimum atomic E-state index is -0.464. The van der Waals surface area contributed by atoms with E-state index in [4.69, 9.17) is 4.74 Å². The normalized spacial score (nSPS) is 12.1. The predicted molar refractivity (Wildman–Crippen MR) is 104 cm³/mol. The summed E-state index contributed by atoms with van der Waals surface area (Å²) >= 11 is 0. The molecule has 0 aliphatic carbocycles. The first-order chi connectivity index (χ1) is 11.9. The van der Waals surface area contributed by atoms with Gasteiger partial charge in [0.2, 0.25) is 0 Å². The highest BCUT2D eigenvalue weighted by atomic mass is 16.6. The van der Waals surface area contributed by atoms with Gasteiger partial charge in [0, 0.05) is 28.4 Å². The first-order valence-electron chi connectivity index (χ1n) is 8.56. The quantitative estimate of drug-likeness (QED) is 0.639. The molecule has 2 aromatic carbocycles. The van der Waals surface area contributed by atoms with Crippen molar-refractivity contribution in [3.63, 3.8) is 0 Å². The number of hydrogen-bond acceptors (Lipinski definition) is 2. The molecule has 4 heteroatoms. The molecule has 0 unspecified atom stereocenters. The van der Waals surface area contributed by atoms with Gasteiger partial charge in [-0.1, -0.05) is 36.4 Å². The number of rotatable bonds is 4. The molecule has 0 fully saturated rings. The number of alkyl carbamates (subject to hydrolysis) is 1. The molecule has 0 spiro atoms. The zero-order valence-electron chi connectivity index (χ0n) is 14.9. The van der Waals surface area contributed by atoms with Crippen LogP contribution in [0, 0.1) is 0 Å². The Bertz CT molecular complexity index is 916. The van der Waals surface area contributed by atoms with E-state index in [2.05, 4.69) is 58.9 Å². The highest BCUT2D eigenvalue weighted by molar-refractivity contribution is 6.07. The fraction of sp³-hybridized carbons (Fsp3) is 0.286. The van der Waals surface area contributed by atoms with E-state index < -0.39 is 5.60 Å². The Kier molecular flexibility index (Phi) is 4.79. The number of hydrogen-bond donors (Lipinski definition) is 2. The van der Waals surface area contributed by atoms with Crippen LogP contribution < -0.4 is 5.32 Å². The smallest absolute Gasteiger partial charge is 0.407 e. The molecule has 2 N–H and O–H groups in total. The van der Waals surface area contributed by atoms with Crippen LogP contribution in [0.1, 0.15) is 32.8 Å². The molecule has 130 valence electrons. The first-order valence-corrected chi connectivity index (χ1v) is 8.56. The largest absolute Gasteiger partial charge is 0.444 e. The summed E-state index contributed by atoms with van der Waals surface area (Å²) in [4.78, 5) is 15.0. The van der Waals surface area contributed by atoms with Gasteiger partial charge in [0.1, 0.15) is 5.60 Å². The van der Waals surface area contributed by atoms with Crippen LogP contribution >= 0.6 is 0 Å². The number of para-hydroxylation sites is 1. The highest BCUT2D eigenvalue weighted by Crippen LogP contribution is 2.26. The van der Waals surface area contributed by atoms with Crippen molar-refractivity contribution in [2.75, 3.05) is 6.54 Å². The van der Waals surface area contributed by atoms with Gasteiger partial charge in [-0.3, -0.25) is 0 Å². The Labute approximate surface area is 147 Å². The lowest BCUT2D eigenvalue weighted by molar-refractivity contribution is 0.0529. The molecule has 0 aliphatic heterocycles. The van der Waals surface area contributed by atoms with E-state index in [0.29, 0.717) is 6.54 Å². The second kappa shape index (κ2) is 7.01. The van der Waals surface area contributed by atoms with Crippen LogP contribution in [0.5, 0.6) is 0 Å². The zero-order valence-corrected chi connectivity index (χ0v) is 14.9. The van der Waals surface area contributed by atoms with Crippen molar-refractivity contribution in [2.24, 2.45) is 0 Å². The molecule has 4 nitrogen and oxygen atoms in total. The summed E-state index contributed by atoms with van der Waals surface area (Å²) in [5, 5.41) is 5.22. The summed E-state index contributed by atoms with van der Waals surface area (Å²) in [6.07, 6.45) is 4.53. The van der Waals surface area contributed by atoms with Gasteiger partial charge < -0.3 is 15.0 Å². The van der Waals surface area contributed by atoms with Gasteiger partial charge in [0.05, 0.1) is 0 Å². The number of ether oxygens (including phenoxy) is 1. The fourth-order valence-electron chi connectivity index (χ4n) is 2.76. The molecule has 25 heavy (non-hydrogen) atoms. The third-order valence-electron chi connectivity index (χ3n) is 3.82. The van der Waals surface area contributed by atoms with Crippen LogP contribution in [0.3, 0.4) is 0 Å². The van der Waals surface area contributed by atoms with Crippen LogP contribution in [0.4, 0.5) is 4.79 Å². The Hall–Kier alpha value is -2.75. The molecule has 1 aromatic heterocycles. The maximum atomic E-state index is 11.6. The number of aromatic amines is 1. The van der Waals surface area contributed by atoms with Gasteiger partial charge in [0.15, 0.2) is 0 Å². The maximum absolute atomic E-state index is 11.6. The van der Waals surface area contributed by atoms with Crippen molar-refractivity contribution >= 4 is 34.0 Å². The van der Waals surface area contributed by atoms with Crippen LogP contribution in [-0.4, -0.2) is 23.2 Å². The van der Waals surface area contributed by atoms with E-state index in [-0.39, 0.29) is 6.09 Å². The van der Waals surface area contributed by atoms with Crippen molar-refractivity contribution in [2.45, 2.75) is 32.8 Å². The highest BCUT2D eigenvalue weighted by Gasteiger charge is 2.15. The Morgan fingerprint density at radius 3 is 2.68 bits per heavy atom. The van der Waals surface area contributed by atoms with Gasteiger partial charge >= 0.3 is 6.09 Å². The van der Waals surface area contributed by atoms with E-state index >= 15 is 0 Å². The molecule has 0 bridgehead atoms. The third-order valence-corrected chi connectivity index (χ3v) is 3.82.